The van der Waals surface area contributed by atoms with Crippen LogP contribution < -0.4 is 15.6 Å². The fraction of sp³-hybridized carbons (Fsp3) is 0.500. The summed E-state index contributed by atoms with van der Waals surface area (Å²) < 4.78 is 37.5. The average molecular weight is 565 g/mol. The van der Waals surface area contributed by atoms with E-state index in [9.17, 15) is 19.6 Å². The number of carbonyl (C=O) groups is 1. The molecule has 3 aromatic rings. The Morgan fingerprint density at radius 2 is 2.00 bits per heavy atom. The molecule has 212 valence electrons. The second-order valence-corrected chi connectivity index (χ2v) is 11.6. The molecule has 1 aliphatic heterocycles. The molecule has 4 rings (SSSR count). The summed E-state index contributed by atoms with van der Waals surface area (Å²) in [6, 6.07) is 7.71. The molecule has 2 aromatic heterocycles. The first kappa shape index (κ1) is 28.9. The summed E-state index contributed by atoms with van der Waals surface area (Å²) in [7, 11) is -2.61. The number of imidazole rings is 1. The van der Waals surface area contributed by atoms with Crippen LogP contribution in [0.3, 0.4) is 0 Å². The number of ether oxygens (including phenoxy) is 2. The highest BCUT2D eigenvalue weighted by atomic mass is 31.2. The Bertz CT molecular complexity index is 1340. The number of fused-ring (bicyclic) bond motifs is 1. The molecule has 0 radical (unpaired) electrons. The largest absolute Gasteiger partial charge is 0.468 e. The van der Waals surface area contributed by atoms with Gasteiger partial charge in [-0.1, -0.05) is 25.1 Å². The van der Waals surface area contributed by atoms with Crippen LogP contribution in [0.15, 0.2) is 43.0 Å². The number of carbonyl (C=O) groups excluding carboxylic acids is 1. The molecule has 0 spiro atoms. The highest BCUT2D eigenvalue weighted by Crippen LogP contribution is 2.49. The van der Waals surface area contributed by atoms with Crippen molar-refractivity contribution in [2.45, 2.75) is 50.8 Å². The third kappa shape index (κ3) is 6.06. The molecule has 0 amide bonds. The van der Waals surface area contributed by atoms with Crippen LogP contribution in [0, 0.1) is 5.92 Å². The van der Waals surface area contributed by atoms with Gasteiger partial charge >= 0.3 is 13.6 Å². The maximum absolute atomic E-state index is 13.7. The summed E-state index contributed by atoms with van der Waals surface area (Å²) in [6.07, 6.45) is -0.945. The monoisotopic (exact) mass is 564 g/mol. The van der Waals surface area contributed by atoms with E-state index in [0.717, 1.165) is 0 Å². The number of esters is 1. The van der Waals surface area contributed by atoms with Crippen LogP contribution in [0.5, 0.6) is 5.75 Å². The van der Waals surface area contributed by atoms with Crippen molar-refractivity contribution in [3.8, 4) is 5.75 Å². The van der Waals surface area contributed by atoms with E-state index in [1.807, 2.05) is 0 Å². The number of rotatable bonds is 11. The molecule has 3 heterocycles. The molecule has 1 aromatic carbocycles. The second-order valence-electron chi connectivity index (χ2n) is 9.60. The lowest BCUT2D eigenvalue weighted by molar-refractivity contribution is -0.142. The first-order valence-electron chi connectivity index (χ1n) is 12.2. The average Bonchev–Trinajstić information content (AvgIpc) is 3.45. The Balaban J connectivity index is 1.49. The number of aliphatic hydroxyl groups excluding tert-OH is 1. The van der Waals surface area contributed by atoms with E-state index >= 15 is 0 Å². The fourth-order valence-electron chi connectivity index (χ4n) is 4.25. The highest BCUT2D eigenvalue weighted by Gasteiger charge is 2.55. The number of anilines is 1. The number of nitrogen functional groups attached to an aromatic ring is 1. The molecule has 1 fully saturated rings. The van der Waals surface area contributed by atoms with Crippen molar-refractivity contribution in [3.63, 3.8) is 0 Å². The van der Waals surface area contributed by atoms with E-state index in [0.29, 0.717) is 16.9 Å². The van der Waals surface area contributed by atoms with Gasteiger partial charge in [-0.3, -0.25) is 19.2 Å². The molecule has 1 aliphatic rings. The van der Waals surface area contributed by atoms with E-state index in [2.05, 4.69) is 20.3 Å². The fourth-order valence-corrected chi connectivity index (χ4v) is 5.87. The van der Waals surface area contributed by atoms with Crippen LogP contribution in [0.4, 0.5) is 5.82 Å². The lowest BCUT2D eigenvalue weighted by Gasteiger charge is -2.28. The number of hydrogen-bond acceptors (Lipinski definition) is 13. The van der Waals surface area contributed by atoms with Crippen molar-refractivity contribution >= 4 is 30.5 Å². The SMILES string of the molecule is COC(=O)C(C)NCP(=O)(OCC(C)C1OC(n2cnc3c(N)ncnc32)C(C)(O)C1O)Oc1ccccc1. The Morgan fingerprint density at radius 3 is 2.69 bits per heavy atom. The van der Waals surface area contributed by atoms with Crippen LogP contribution >= 0.6 is 7.60 Å². The van der Waals surface area contributed by atoms with Crippen molar-refractivity contribution in [1.82, 2.24) is 24.8 Å². The minimum absolute atomic E-state index is 0.164. The molecular formula is C24H33N6O8P. The van der Waals surface area contributed by atoms with Gasteiger partial charge in [0.15, 0.2) is 17.7 Å². The number of nitrogens with two attached hydrogens (primary N) is 1. The summed E-state index contributed by atoms with van der Waals surface area (Å²) in [5.41, 5.74) is 4.80. The molecule has 0 saturated carbocycles. The van der Waals surface area contributed by atoms with Crippen molar-refractivity contribution in [1.29, 1.82) is 0 Å². The standard InChI is InChI=1S/C24H33N6O8P/c1-14(10-36-39(34,13-29-15(2)22(32)35-4)38-16-8-6-5-7-9-16)18-19(31)24(3,33)23(37-18)30-12-28-17-20(25)26-11-27-21(17)30/h5-9,11-12,14-15,18-19,23,29,31,33H,10,13H2,1-4H3,(H2,25,26,27). The quantitative estimate of drug-likeness (QED) is 0.193. The number of aromatic nitrogens is 4. The van der Waals surface area contributed by atoms with Crippen LogP contribution in [0.25, 0.3) is 11.2 Å². The number of para-hydroxylation sites is 1. The van der Waals surface area contributed by atoms with E-state index < -0.39 is 49.6 Å². The van der Waals surface area contributed by atoms with Gasteiger partial charge in [0.05, 0.1) is 26.1 Å². The maximum Gasteiger partial charge on any atom is 0.392 e. The Morgan fingerprint density at radius 1 is 1.28 bits per heavy atom. The highest BCUT2D eigenvalue weighted by molar-refractivity contribution is 7.54. The first-order chi connectivity index (χ1) is 18.5. The third-order valence-corrected chi connectivity index (χ3v) is 8.17. The van der Waals surface area contributed by atoms with E-state index in [1.165, 1.54) is 31.3 Å². The van der Waals surface area contributed by atoms with Gasteiger partial charge in [-0.05, 0) is 26.0 Å². The van der Waals surface area contributed by atoms with Gasteiger partial charge in [0.25, 0.3) is 0 Å². The third-order valence-electron chi connectivity index (χ3n) is 6.56. The summed E-state index contributed by atoms with van der Waals surface area (Å²) in [4.78, 5) is 24.1. The number of nitrogens with one attached hydrogen (secondary N) is 1. The molecule has 5 N–H and O–H groups in total. The molecule has 15 heteroatoms. The molecule has 39 heavy (non-hydrogen) atoms. The van der Waals surface area contributed by atoms with Gasteiger partial charge in [-0.2, -0.15) is 0 Å². The van der Waals surface area contributed by atoms with Gasteiger partial charge in [-0.15, -0.1) is 0 Å². The topological polar surface area (TPSA) is 193 Å². The Hall–Kier alpha value is -3.13. The molecule has 14 nitrogen and oxygen atoms in total. The number of hydrogen-bond donors (Lipinski definition) is 4. The lowest BCUT2D eigenvalue weighted by Crippen LogP contribution is -2.45. The van der Waals surface area contributed by atoms with Crippen LogP contribution in [0.2, 0.25) is 0 Å². The summed E-state index contributed by atoms with van der Waals surface area (Å²) in [5, 5.41) is 25.1. The zero-order valence-electron chi connectivity index (χ0n) is 22.0. The number of aliphatic hydroxyl groups is 2. The zero-order chi connectivity index (χ0) is 28.4. The van der Waals surface area contributed by atoms with Gasteiger partial charge in [-0.25, -0.2) is 19.5 Å². The van der Waals surface area contributed by atoms with Crippen molar-refractivity contribution < 1.29 is 38.1 Å². The minimum Gasteiger partial charge on any atom is -0.468 e. The van der Waals surface area contributed by atoms with E-state index in [4.69, 9.17) is 24.3 Å². The molecule has 7 unspecified atom stereocenters. The zero-order valence-corrected chi connectivity index (χ0v) is 22.9. The summed E-state index contributed by atoms with van der Waals surface area (Å²) >= 11 is 0. The molecule has 0 aliphatic carbocycles. The lowest BCUT2D eigenvalue weighted by atomic mass is 9.91. The number of benzene rings is 1. The van der Waals surface area contributed by atoms with Crippen LogP contribution in [0.1, 0.15) is 27.0 Å². The second kappa shape index (κ2) is 11.5. The first-order valence-corrected chi connectivity index (χ1v) is 14.0. The molecular weight excluding hydrogens is 531 g/mol. The maximum atomic E-state index is 13.7. The van der Waals surface area contributed by atoms with Gasteiger partial charge in [0.1, 0.15) is 41.6 Å². The number of nitrogens with zero attached hydrogens (tertiary/aromatic N) is 4. The van der Waals surface area contributed by atoms with Crippen LogP contribution in [-0.4, -0.2) is 79.6 Å². The minimum atomic E-state index is -3.86. The Kier molecular flexibility index (Phi) is 8.54. The normalized spacial score (nSPS) is 26.2. The van der Waals surface area contributed by atoms with E-state index in [1.54, 1.807) is 44.2 Å². The molecule has 7 atom stereocenters. The van der Waals surface area contributed by atoms with Gasteiger partial charge in [0, 0.05) is 5.92 Å². The summed E-state index contributed by atoms with van der Waals surface area (Å²) in [5.74, 6) is -0.616. The van der Waals surface area contributed by atoms with Gasteiger partial charge < -0.3 is 29.9 Å². The molecule has 0 bridgehead atoms. The van der Waals surface area contributed by atoms with Crippen LogP contribution in [-0.2, 0) is 23.4 Å². The van der Waals surface area contributed by atoms with Crippen molar-refractivity contribution in [3.05, 3.63) is 43.0 Å². The molecule has 1 saturated heterocycles. The smallest absolute Gasteiger partial charge is 0.392 e. The van der Waals surface area contributed by atoms with E-state index in [-0.39, 0.29) is 18.7 Å². The number of methoxy groups -OCH3 is 1. The Labute approximate surface area is 225 Å². The van der Waals surface area contributed by atoms with Crippen molar-refractivity contribution in [2.75, 3.05) is 25.7 Å². The van der Waals surface area contributed by atoms with Gasteiger partial charge in [0.2, 0.25) is 0 Å². The van der Waals surface area contributed by atoms with Crippen molar-refractivity contribution in [2.24, 2.45) is 5.92 Å². The predicted molar refractivity (Wildman–Crippen MR) is 140 cm³/mol. The predicted octanol–water partition coefficient (Wildman–Crippen LogP) is 1.45. The summed E-state index contributed by atoms with van der Waals surface area (Å²) in [6.45, 7) is 4.55.